The number of nitrogens with one attached hydrogen (secondary N) is 1. The van der Waals surface area contributed by atoms with Gasteiger partial charge < -0.3 is 10.2 Å². The van der Waals surface area contributed by atoms with Crippen molar-refractivity contribution in [3.05, 3.63) is 87.6 Å². The number of amides is 2. The second kappa shape index (κ2) is 7.98. The molecule has 1 N–H and O–H groups in total. The standard InChI is InChI=1S/C23H22N2O2S/c1-2-16-7-5-9-18(13-16)24-22(26)14-20(21-11-6-12-28-21)25-15-17-8-3-4-10-19(17)23(25)27/h3-13,20H,2,14-15H2,1H3,(H,24,26)/t20-/m1/s1. The van der Waals surface area contributed by atoms with Crippen molar-refractivity contribution in [2.75, 3.05) is 5.32 Å². The van der Waals surface area contributed by atoms with E-state index in [0.29, 0.717) is 6.54 Å². The van der Waals surface area contributed by atoms with Crippen molar-refractivity contribution in [1.29, 1.82) is 0 Å². The fraction of sp³-hybridized carbons (Fsp3) is 0.217. The second-order valence-electron chi connectivity index (χ2n) is 6.93. The predicted octanol–water partition coefficient (Wildman–Crippen LogP) is 5.04. The van der Waals surface area contributed by atoms with Crippen molar-refractivity contribution in [2.45, 2.75) is 32.4 Å². The number of nitrogens with zero attached hydrogens (tertiary/aromatic N) is 1. The molecule has 1 aliphatic rings. The van der Waals surface area contributed by atoms with E-state index in [1.165, 1.54) is 5.56 Å². The van der Waals surface area contributed by atoms with E-state index in [-0.39, 0.29) is 24.3 Å². The Kier molecular flexibility index (Phi) is 5.26. The molecular formula is C23H22N2O2S. The fourth-order valence-electron chi connectivity index (χ4n) is 3.63. The van der Waals surface area contributed by atoms with Crippen LogP contribution in [0.1, 0.15) is 45.7 Å². The molecule has 0 spiro atoms. The summed E-state index contributed by atoms with van der Waals surface area (Å²) in [5.41, 5.74) is 3.73. The molecule has 1 atom stereocenters. The zero-order valence-corrected chi connectivity index (χ0v) is 16.5. The summed E-state index contributed by atoms with van der Waals surface area (Å²) in [5, 5.41) is 4.98. The van der Waals surface area contributed by atoms with Gasteiger partial charge in [0.1, 0.15) is 0 Å². The number of fused-ring (bicyclic) bond motifs is 1. The van der Waals surface area contributed by atoms with Crippen molar-refractivity contribution in [1.82, 2.24) is 4.90 Å². The van der Waals surface area contributed by atoms with E-state index in [1.54, 1.807) is 11.3 Å². The highest BCUT2D eigenvalue weighted by atomic mass is 32.1. The van der Waals surface area contributed by atoms with Gasteiger partial charge in [0.05, 0.1) is 12.5 Å². The van der Waals surface area contributed by atoms with Crippen LogP contribution in [-0.4, -0.2) is 16.7 Å². The molecule has 3 aromatic rings. The van der Waals surface area contributed by atoms with Crippen LogP contribution in [0.3, 0.4) is 0 Å². The van der Waals surface area contributed by atoms with Gasteiger partial charge in [-0.1, -0.05) is 43.3 Å². The van der Waals surface area contributed by atoms with Crippen LogP contribution in [0, 0.1) is 0 Å². The molecule has 142 valence electrons. The Morgan fingerprint density at radius 2 is 2.00 bits per heavy atom. The Bertz CT molecular complexity index is 997. The van der Waals surface area contributed by atoms with E-state index >= 15 is 0 Å². The molecule has 0 fully saturated rings. The summed E-state index contributed by atoms with van der Waals surface area (Å²) in [6.45, 7) is 2.63. The van der Waals surface area contributed by atoms with Crippen LogP contribution in [0.4, 0.5) is 5.69 Å². The molecule has 4 nitrogen and oxygen atoms in total. The van der Waals surface area contributed by atoms with Crippen LogP contribution in [0.2, 0.25) is 0 Å². The zero-order chi connectivity index (χ0) is 19.5. The average Bonchev–Trinajstić information content (AvgIpc) is 3.35. The summed E-state index contributed by atoms with van der Waals surface area (Å²) in [6, 6.07) is 19.2. The topological polar surface area (TPSA) is 49.4 Å². The number of carbonyl (C=O) groups excluding carboxylic acids is 2. The highest BCUT2D eigenvalue weighted by Crippen LogP contribution is 2.35. The van der Waals surface area contributed by atoms with Gasteiger partial charge in [-0.3, -0.25) is 9.59 Å². The number of rotatable bonds is 6. The lowest BCUT2D eigenvalue weighted by Gasteiger charge is -2.26. The Hall–Kier alpha value is -2.92. The fourth-order valence-corrected chi connectivity index (χ4v) is 4.47. The normalized spacial score (nSPS) is 14.0. The maximum atomic E-state index is 13.0. The lowest BCUT2D eigenvalue weighted by atomic mass is 10.1. The third kappa shape index (κ3) is 3.71. The molecule has 0 saturated heterocycles. The summed E-state index contributed by atoms with van der Waals surface area (Å²) >= 11 is 1.58. The molecule has 1 aromatic heterocycles. The molecule has 5 heteroatoms. The highest BCUT2D eigenvalue weighted by Gasteiger charge is 2.34. The Morgan fingerprint density at radius 3 is 2.75 bits per heavy atom. The third-order valence-corrected chi connectivity index (χ3v) is 6.07. The van der Waals surface area contributed by atoms with Gasteiger partial charge in [-0.15, -0.1) is 11.3 Å². The molecule has 28 heavy (non-hydrogen) atoms. The first-order chi connectivity index (χ1) is 13.7. The number of thiophene rings is 1. The van der Waals surface area contributed by atoms with Gasteiger partial charge >= 0.3 is 0 Å². The van der Waals surface area contributed by atoms with Gasteiger partial charge in [0.25, 0.3) is 5.91 Å². The molecule has 4 rings (SSSR count). The van der Waals surface area contributed by atoms with E-state index in [9.17, 15) is 9.59 Å². The van der Waals surface area contributed by atoms with Crippen molar-refractivity contribution in [2.24, 2.45) is 0 Å². The number of benzene rings is 2. The molecule has 0 bridgehead atoms. The van der Waals surface area contributed by atoms with Gasteiger partial charge in [-0.2, -0.15) is 0 Å². The summed E-state index contributed by atoms with van der Waals surface area (Å²) in [4.78, 5) is 28.6. The first kappa shape index (κ1) is 18.4. The summed E-state index contributed by atoms with van der Waals surface area (Å²) < 4.78 is 0. The van der Waals surface area contributed by atoms with Crippen LogP contribution in [0.15, 0.2) is 66.0 Å². The average molecular weight is 391 g/mol. The van der Waals surface area contributed by atoms with E-state index < -0.39 is 0 Å². The van der Waals surface area contributed by atoms with Crippen LogP contribution < -0.4 is 5.32 Å². The molecule has 0 aliphatic carbocycles. The Morgan fingerprint density at radius 1 is 1.14 bits per heavy atom. The van der Waals surface area contributed by atoms with Crippen LogP contribution >= 0.6 is 11.3 Å². The number of aryl methyl sites for hydroxylation is 1. The van der Waals surface area contributed by atoms with Gasteiger partial charge in [-0.05, 0) is 47.2 Å². The first-order valence-electron chi connectivity index (χ1n) is 9.46. The molecule has 2 amide bonds. The van der Waals surface area contributed by atoms with Crippen LogP contribution in [-0.2, 0) is 17.8 Å². The number of carbonyl (C=O) groups is 2. The molecule has 0 unspecified atom stereocenters. The highest BCUT2D eigenvalue weighted by molar-refractivity contribution is 7.10. The van der Waals surface area contributed by atoms with Gasteiger partial charge in [0.15, 0.2) is 0 Å². The molecule has 2 heterocycles. The molecule has 0 radical (unpaired) electrons. The monoisotopic (exact) mass is 390 g/mol. The maximum Gasteiger partial charge on any atom is 0.255 e. The van der Waals surface area contributed by atoms with E-state index in [1.807, 2.05) is 70.9 Å². The lowest BCUT2D eigenvalue weighted by molar-refractivity contribution is -0.117. The minimum absolute atomic E-state index is 0.00483. The first-order valence-corrected chi connectivity index (χ1v) is 10.3. The SMILES string of the molecule is CCc1cccc(NC(=O)C[C@H](c2cccs2)N2Cc3ccccc3C2=O)c1. The summed E-state index contributed by atoms with van der Waals surface area (Å²) in [5.74, 6) is -0.0924. The zero-order valence-electron chi connectivity index (χ0n) is 15.7. The lowest BCUT2D eigenvalue weighted by Crippen LogP contribution is -2.31. The quantitative estimate of drug-likeness (QED) is 0.641. The largest absolute Gasteiger partial charge is 0.326 e. The number of hydrogen-bond donors (Lipinski definition) is 1. The van der Waals surface area contributed by atoms with Crippen molar-refractivity contribution < 1.29 is 9.59 Å². The summed E-state index contributed by atoms with van der Waals surface area (Å²) in [7, 11) is 0. The maximum absolute atomic E-state index is 13.0. The minimum atomic E-state index is -0.269. The second-order valence-corrected chi connectivity index (χ2v) is 7.91. The van der Waals surface area contributed by atoms with Crippen LogP contribution in [0.5, 0.6) is 0 Å². The number of anilines is 1. The van der Waals surface area contributed by atoms with Gasteiger partial charge in [-0.25, -0.2) is 0 Å². The van der Waals surface area contributed by atoms with E-state index in [2.05, 4.69) is 12.2 Å². The Labute approximate surface area is 168 Å². The van der Waals surface area contributed by atoms with Crippen LogP contribution in [0.25, 0.3) is 0 Å². The number of hydrogen-bond acceptors (Lipinski definition) is 3. The van der Waals surface area contributed by atoms with Gasteiger partial charge in [0, 0.05) is 22.7 Å². The van der Waals surface area contributed by atoms with Crippen molar-refractivity contribution >= 4 is 28.8 Å². The molecule has 0 saturated carbocycles. The van der Waals surface area contributed by atoms with E-state index in [0.717, 1.165) is 28.1 Å². The molecule has 1 aliphatic heterocycles. The van der Waals surface area contributed by atoms with Gasteiger partial charge in [0.2, 0.25) is 5.91 Å². The van der Waals surface area contributed by atoms with Crippen molar-refractivity contribution in [3.8, 4) is 0 Å². The summed E-state index contributed by atoms with van der Waals surface area (Å²) in [6.07, 6.45) is 1.15. The Balaban J connectivity index is 1.55. The molecule has 2 aromatic carbocycles. The minimum Gasteiger partial charge on any atom is -0.326 e. The predicted molar refractivity (Wildman–Crippen MR) is 112 cm³/mol. The van der Waals surface area contributed by atoms with E-state index in [4.69, 9.17) is 0 Å². The molecular weight excluding hydrogens is 368 g/mol. The van der Waals surface area contributed by atoms with Crippen molar-refractivity contribution in [3.63, 3.8) is 0 Å². The third-order valence-electron chi connectivity index (χ3n) is 5.09. The smallest absolute Gasteiger partial charge is 0.255 e.